The zero-order chi connectivity index (χ0) is 14.3. The lowest BCUT2D eigenvalue weighted by molar-refractivity contribution is 0.187. The van der Waals surface area contributed by atoms with E-state index in [1.807, 2.05) is 6.92 Å². The molecule has 0 aliphatic rings. The molecule has 0 spiro atoms. The molecule has 0 aliphatic heterocycles. The Hall–Kier alpha value is -1.69. The summed E-state index contributed by atoms with van der Waals surface area (Å²) in [6, 6.07) is 2.44. The lowest BCUT2D eigenvalue weighted by Gasteiger charge is -2.22. The topological polar surface area (TPSA) is 52.6 Å². The van der Waals surface area contributed by atoms with Crippen LogP contribution in [0, 0.1) is 11.6 Å². The van der Waals surface area contributed by atoms with Crippen molar-refractivity contribution in [1.82, 2.24) is 4.90 Å². The summed E-state index contributed by atoms with van der Waals surface area (Å²) in [6.07, 6.45) is 1.69. The van der Waals surface area contributed by atoms with Crippen molar-refractivity contribution in [3.63, 3.8) is 0 Å². The van der Waals surface area contributed by atoms with Crippen LogP contribution in [-0.4, -0.2) is 35.7 Å². The van der Waals surface area contributed by atoms with Crippen molar-refractivity contribution in [3.8, 4) is 0 Å². The summed E-state index contributed by atoms with van der Waals surface area (Å²) in [7, 11) is 0. The molecule has 0 fully saturated rings. The van der Waals surface area contributed by atoms with Crippen molar-refractivity contribution < 1.29 is 18.7 Å². The minimum atomic E-state index is -0.826. The quantitative estimate of drug-likeness (QED) is 0.836. The van der Waals surface area contributed by atoms with Crippen LogP contribution in [0.1, 0.15) is 19.8 Å². The highest BCUT2D eigenvalue weighted by molar-refractivity contribution is 5.89. The molecule has 106 valence electrons. The van der Waals surface area contributed by atoms with Gasteiger partial charge in [0.15, 0.2) is 0 Å². The van der Waals surface area contributed by atoms with Gasteiger partial charge in [-0.1, -0.05) is 13.3 Å². The maximum absolute atomic E-state index is 13.4. The fourth-order valence-corrected chi connectivity index (χ4v) is 1.57. The van der Waals surface area contributed by atoms with Crippen LogP contribution in [0.15, 0.2) is 18.2 Å². The van der Waals surface area contributed by atoms with E-state index in [0.29, 0.717) is 12.6 Å². The van der Waals surface area contributed by atoms with E-state index in [-0.39, 0.29) is 18.8 Å². The number of nitrogens with one attached hydrogen (secondary N) is 1. The van der Waals surface area contributed by atoms with Gasteiger partial charge in [0.1, 0.15) is 11.6 Å². The maximum Gasteiger partial charge on any atom is 0.322 e. The number of aliphatic hydroxyl groups excluding tert-OH is 1. The summed E-state index contributed by atoms with van der Waals surface area (Å²) >= 11 is 0. The Balaban J connectivity index is 2.69. The number of nitrogens with zero attached hydrogens (tertiary/aromatic N) is 1. The van der Waals surface area contributed by atoms with Crippen LogP contribution in [0.2, 0.25) is 0 Å². The van der Waals surface area contributed by atoms with E-state index in [0.717, 1.165) is 18.9 Å². The van der Waals surface area contributed by atoms with Gasteiger partial charge in [-0.05, 0) is 18.6 Å². The molecular weight excluding hydrogens is 254 g/mol. The number of unbranched alkanes of at least 4 members (excludes halogenated alkanes) is 1. The van der Waals surface area contributed by atoms with Gasteiger partial charge in [0.05, 0.1) is 12.3 Å². The molecule has 0 bridgehead atoms. The van der Waals surface area contributed by atoms with E-state index in [1.165, 1.54) is 11.0 Å². The monoisotopic (exact) mass is 272 g/mol. The summed E-state index contributed by atoms with van der Waals surface area (Å²) in [5.74, 6) is -1.53. The fraction of sp³-hybridized carbons (Fsp3) is 0.462. The third-order valence-corrected chi connectivity index (χ3v) is 2.61. The predicted octanol–water partition coefficient (Wildman–Crippen LogP) is 2.59. The van der Waals surface area contributed by atoms with Crippen molar-refractivity contribution in [2.45, 2.75) is 19.8 Å². The highest BCUT2D eigenvalue weighted by Gasteiger charge is 2.14. The largest absolute Gasteiger partial charge is 0.395 e. The molecule has 0 saturated carbocycles. The normalized spacial score (nSPS) is 10.3. The maximum atomic E-state index is 13.4. The zero-order valence-electron chi connectivity index (χ0n) is 10.8. The highest BCUT2D eigenvalue weighted by Crippen LogP contribution is 2.15. The number of anilines is 1. The van der Waals surface area contributed by atoms with E-state index in [2.05, 4.69) is 5.32 Å². The predicted molar refractivity (Wildman–Crippen MR) is 68.9 cm³/mol. The average Bonchev–Trinajstić information content (AvgIpc) is 2.37. The van der Waals surface area contributed by atoms with Crippen molar-refractivity contribution in [2.75, 3.05) is 25.0 Å². The number of aliphatic hydroxyl groups is 1. The first-order valence-electron chi connectivity index (χ1n) is 6.20. The standard InChI is InChI=1S/C13H18F2N2O2/c1-2-3-6-17(7-8-18)13(19)16-12-5-4-10(14)9-11(12)15/h4-5,9,18H,2-3,6-8H2,1H3,(H,16,19). The zero-order valence-corrected chi connectivity index (χ0v) is 10.8. The van der Waals surface area contributed by atoms with Crippen molar-refractivity contribution in [1.29, 1.82) is 0 Å². The van der Waals surface area contributed by atoms with Gasteiger partial charge < -0.3 is 15.3 Å². The lowest BCUT2D eigenvalue weighted by atomic mass is 10.3. The van der Waals surface area contributed by atoms with Gasteiger partial charge in [0, 0.05) is 19.2 Å². The summed E-state index contributed by atoms with van der Waals surface area (Å²) in [6.45, 7) is 2.47. The van der Waals surface area contributed by atoms with Gasteiger partial charge in [-0.2, -0.15) is 0 Å². The summed E-state index contributed by atoms with van der Waals surface area (Å²) in [5.41, 5.74) is -0.0779. The first kappa shape index (κ1) is 15.4. The van der Waals surface area contributed by atoms with Gasteiger partial charge in [0.25, 0.3) is 0 Å². The Morgan fingerprint density at radius 1 is 1.37 bits per heavy atom. The molecule has 0 aromatic heterocycles. The van der Waals surface area contributed by atoms with Crippen LogP contribution in [0.3, 0.4) is 0 Å². The highest BCUT2D eigenvalue weighted by atomic mass is 19.1. The molecule has 0 heterocycles. The number of carbonyl (C=O) groups excluding carboxylic acids is 1. The molecule has 2 N–H and O–H groups in total. The molecule has 0 saturated heterocycles. The molecule has 0 unspecified atom stereocenters. The lowest BCUT2D eigenvalue weighted by Crippen LogP contribution is -2.37. The Morgan fingerprint density at radius 3 is 2.68 bits per heavy atom. The molecule has 1 rings (SSSR count). The smallest absolute Gasteiger partial charge is 0.322 e. The van der Waals surface area contributed by atoms with Gasteiger partial charge in [-0.3, -0.25) is 0 Å². The number of benzene rings is 1. The van der Waals surface area contributed by atoms with Crippen LogP contribution in [0.5, 0.6) is 0 Å². The van der Waals surface area contributed by atoms with Crippen LogP contribution < -0.4 is 5.32 Å². The molecule has 1 aromatic rings. The van der Waals surface area contributed by atoms with Crippen LogP contribution in [-0.2, 0) is 0 Å². The van der Waals surface area contributed by atoms with Gasteiger partial charge in [0.2, 0.25) is 0 Å². The summed E-state index contributed by atoms with van der Waals surface area (Å²) in [5, 5.41) is 11.3. The first-order valence-corrected chi connectivity index (χ1v) is 6.20. The van der Waals surface area contributed by atoms with Crippen LogP contribution in [0.4, 0.5) is 19.3 Å². The number of amides is 2. The van der Waals surface area contributed by atoms with Crippen molar-refractivity contribution in [3.05, 3.63) is 29.8 Å². The minimum absolute atomic E-state index is 0.0779. The molecule has 19 heavy (non-hydrogen) atoms. The second-order valence-corrected chi connectivity index (χ2v) is 4.12. The van der Waals surface area contributed by atoms with E-state index in [1.54, 1.807) is 0 Å². The number of hydrogen-bond acceptors (Lipinski definition) is 2. The fourth-order valence-electron chi connectivity index (χ4n) is 1.57. The van der Waals surface area contributed by atoms with Crippen molar-refractivity contribution >= 4 is 11.7 Å². The second-order valence-electron chi connectivity index (χ2n) is 4.12. The van der Waals surface area contributed by atoms with Crippen LogP contribution in [0.25, 0.3) is 0 Å². The summed E-state index contributed by atoms with van der Waals surface area (Å²) < 4.78 is 26.1. The first-order chi connectivity index (χ1) is 9.08. The van der Waals surface area contributed by atoms with Gasteiger partial charge in [-0.15, -0.1) is 0 Å². The minimum Gasteiger partial charge on any atom is -0.395 e. The Labute approximate surface area is 111 Å². The third-order valence-electron chi connectivity index (χ3n) is 2.61. The van der Waals surface area contributed by atoms with E-state index in [4.69, 9.17) is 5.11 Å². The molecule has 0 radical (unpaired) electrons. The average molecular weight is 272 g/mol. The molecular formula is C13H18F2N2O2. The number of rotatable bonds is 6. The number of carbonyl (C=O) groups is 1. The Kier molecular flexibility index (Phi) is 6.21. The van der Waals surface area contributed by atoms with Gasteiger partial charge in [-0.25, -0.2) is 13.6 Å². The number of hydrogen-bond donors (Lipinski definition) is 2. The molecule has 6 heteroatoms. The molecule has 2 amide bonds. The molecule has 0 aliphatic carbocycles. The second kappa shape index (κ2) is 7.68. The molecule has 0 atom stereocenters. The number of urea groups is 1. The van der Waals surface area contributed by atoms with Gasteiger partial charge >= 0.3 is 6.03 Å². The Morgan fingerprint density at radius 2 is 2.11 bits per heavy atom. The molecule has 1 aromatic carbocycles. The van der Waals surface area contributed by atoms with E-state index in [9.17, 15) is 13.6 Å². The Bertz CT molecular complexity index is 427. The third kappa shape index (κ3) is 4.82. The van der Waals surface area contributed by atoms with E-state index < -0.39 is 17.7 Å². The molecule has 4 nitrogen and oxygen atoms in total. The number of halogens is 2. The van der Waals surface area contributed by atoms with Crippen LogP contribution >= 0.6 is 0 Å². The van der Waals surface area contributed by atoms with E-state index >= 15 is 0 Å². The summed E-state index contributed by atoms with van der Waals surface area (Å²) in [4.78, 5) is 13.3. The SMILES string of the molecule is CCCCN(CCO)C(=O)Nc1ccc(F)cc1F. The van der Waals surface area contributed by atoms with Crippen molar-refractivity contribution in [2.24, 2.45) is 0 Å².